The van der Waals surface area contributed by atoms with E-state index in [1.54, 1.807) is 18.2 Å². The van der Waals surface area contributed by atoms with Gasteiger partial charge in [-0.15, -0.1) is 0 Å². The Labute approximate surface area is 137 Å². The van der Waals surface area contributed by atoms with E-state index >= 15 is 0 Å². The lowest BCUT2D eigenvalue weighted by Gasteiger charge is -2.10. The Balaban J connectivity index is 2.23. The van der Waals surface area contributed by atoms with E-state index in [1.165, 1.54) is 24.3 Å². The van der Waals surface area contributed by atoms with E-state index in [9.17, 15) is 9.18 Å². The Morgan fingerprint density at radius 3 is 2.29 bits per heavy atom. The largest absolute Gasteiger partial charge is 0.478 e. The molecule has 108 valence electrons. The van der Waals surface area contributed by atoms with Gasteiger partial charge >= 0.3 is 5.97 Å². The van der Waals surface area contributed by atoms with Gasteiger partial charge < -0.3 is 9.84 Å². The van der Waals surface area contributed by atoms with Gasteiger partial charge in [-0.25, -0.2) is 9.18 Å². The van der Waals surface area contributed by atoms with Crippen LogP contribution in [0, 0.1) is 5.82 Å². The molecule has 0 unspecified atom stereocenters. The fourth-order valence-electron chi connectivity index (χ4n) is 1.55. The number of aliphatic carboxylic acids is 1. The fraction of sp³-hybridized carbons (Fsp3) is 0. The number of carbonyl (C=O) groups is 1. The van der Waals surface area contributed by atoms with Gasteiger partial charge in [0.15, 0.2) is 0 Å². The molecule has 3 nitrogen and oxygen atoms in total. The van der Waals surface area contributed by atoms with Gasteiger partial charge in [0.1, 0.15) is 17.3 Å². The van der Waals surface area contributed by atoms with Crippen LogP contribution >= 0.6 is 31.9 Å². The number of carboxylic acids is 1. The number of rotatable bonds is 4. The number of hydrogen-bond donors (Lipinski definition) is 1. The van der Waals surface area contributed by atoms with E-state index in [2.05, 4.69) is 31.9 Å². The molecule has 0 amide bonds. The molecule has 21 heavy (non-hydrogen) atoms. The van der Waals surface area contributed by atoms with Crippen molar-refractivity contribution in [3.05, 3.63) is 62.8 Å². The van der Waals surface area contributed by atoms with Gasteiger partial charge in [0, 0.05) is 6.08 Å². The summed E-state index contributed by atoms with van der Waals surface area (Å²) in [7, 11) is 0. The first-order valence-corrected chi connectivity index (χ1v) is 7.38. The maximum atomic E-state index is 13.0. The van der Waals surface area contributed by atoms with Crippen LogP contribution in [0.3, 0.4) is 0 Å². The Hall–Kier alpha value is -1.66. The average molecular weight is 416 g/mol. The van der Waals surface area contributed by atoms with Gasteiger partial charge in [-0.05, 0) is 73.8 Å². The topological polar surface area (TPSA) is 46.5 Å². The predicted molar refractivity (Wildman–Crippen MR) is 85.0 cm³/mol. The first-order chi connectivity index (χ1) is 9.95. The van der Waals surface area contributed by atoms with Gasteiger partial charge in [0.05, 0.1) is 8.95 Å². The van der Waals surface area contributed by atoms with E-state index in [0.29, 0.717) is 20.4 Å². The van der Waals surface area contributed by atoms with Crippen LogP contribution in [0.2, 0.25) is 0 Å². The molecule has 6 heteroatoms. The fourth-order valence-corrected chi connectivity index (χ4v) is 2.46. The Kier molecular flexibility index (Phi) is 5.14. The monoisotopic (exact) mass is 414 g/mol. The molecule has 0 saturated heterocycles. The SMILES string of the molecule is O=C(O)/C=C/c1ccc(Oc2ccc(F)cc2Br)c(Br)c1. The van der Waals surface area contributed by atoms with Crippen molar-refractivity contribution in [1.82, 2.24) is 0 Å². The normalized spacial score (nSPS) is 10.8. The molecular weight excluding hydrogens is 407 g/mol. The van der Waals surface area contributed by atoms with Crippen molar-refractivity contribution in [2.24, 2.45) is 0 Å². The smallest absolute Gasteiger partial charge is 0.328 e. The van der Waals surface area contributed by atoms with Gasteiger partial charge in [0.2, 0.25) is 0 Å². The molecule has 0 aliphatic rings. The molecule has 2 aromatic carbocycles. The van der Waals surface area contributed by atoms with Crippen molar-refractivity contribution in [3.8, 4) is 11.5 Å². The maximum Gasteiger partial charge on any atom is 0.328 e. The average Bonchev–Trinajstić information content (AvgIpc) is 2.42. The molecular formula is C15H9Br2FO3. The number of benzene rings is 2. The summed E-state index contributed by atoms with van der Waals surface area (Å²) in [6.07, 6.45) is 2.53. The minimum atomic E-state index is -1.01. The summed E-state index contributed by atoms with van der Waals surface area (Å²) < 4.78 is 19.9. The van der Waals surface area contributed by atoms with Crippen molar-refractivity contribution in [1.29, 1.82) is 0 Å². The highest BCUT2D eigenvalue weighted by Gasteiger charge is 2.07. The van der Waals surface area contributed by atoms with E-state index in [4.69, 9.17) is 9.84 Å². The second kappa shape index (κ2) is 6.87. The van der Waals surface area contributed by atoms with Crippen LogP contribution < -0.4 is 4.74 Å². The molecule has 0 spiro atoms. The van der Waals surface area contributed by atoms with Gasteiger partial charge in [-0.2, -0.15) is 0 Å². The van der Waals surface area contributed by atoms with Crippen LogP contribution in [0.4, 0.5) is 4.39 Å². The number of halogens is 3. The first kappa shape index (κ1) is 15.7. The summed E-state index contributed by atoms with van der Waals surface area (Å²) in [6, 6.07) is 9.28. The summed E-state index contributed by atoms with van der Waals surface area (Å²) in [5.41, 5.74) is 0.717. The van der Waals surface area contributed by atoms with E-state index in [1.807, 2.05) is 0 Å². The third-order valence-corrected chi connectivity index (χ3v) is 3.73. The highest BCUT2D eigenvalue weighted by molar-refractivity contribution is 9.11. The van der Waals surface area contributed by atoms with Crippen molar-refractivity contribution in [3.63, 3.8) is 0 Å². The van der Waals surface area contributed by atoms with Gasteiger partial charge in [0.25, 0.3) is 0 Å². The molecule has 0 aliphatic carbocycles. The quantitative estimate of drug-likeness (QED) is 0.694. The van der Waals surface area contributed by atoms with E-state index in [0.717, 1.165) is 11.6 Å². The predicted octanol–water partition coefficient (Wildman–Crippen LogP) is 5.24. The van der Waals surface area contributed by atoms with E-state index < -0.39 is 5.97 Å². The molecule has 0 atom stereocenters. The van der Waals surface area contributed by atoms with E-state index in [-0.39, 0.29) is 5.82 Å². The minimum absolute atomic E-state index is 0.359. The molecule has 2 aromatic rings. The third kappa shape index (κ3) is 4.41. The highest BCUT2D eigenvalue weighted by Crippen LogP contribution is 2.34. The second-order valence-corrected chi connectivity index (χ2v) is 5.75. The van der Waals surface area contributed by atoms with Crippen molar-refractivity contribution in [2.75, 3.05) is 0 Å². The third-order valence-electron chi connectivity index (χ3n) is 2.49. The van der Waals surface area contributed by atoms with Crippen LogP contribution in [0.25, 0.3) is 6.08 Å². The minimum Gasteiger partial charge on any atom is -0.478 e. The summed E-state index contributed by atoms with van der Waals surface area (Å²) in [6.45, 7) is 0. The molecule has 0 fully saturated rings. The van der Waals surface area contributed by atoms with Crippen molar-refractivity contribution >= 4 is 43.9 Å². The van der Waals surface area contributed by atoms with Crippen molar-refractivity contribution in [2.45, 2.75) is 0 Å². The molecule has 0 bridgehead atoms. The Bertz CT molecular complexity index is 714. The van der Waals surface area contributed by atoms with Gasteiger partial charge in [-0.1, -0.05) is 6.07 Å². The zero-order valence-electron chi connectivity index (χ0n) is 10.5. The zero-order chi connectivity index (χ0) is 15.4. The molecule has 0 aromatic heterocycles. The summed E-state index contributed by atoms with van der Waals surface area (Å²) in [5, 5.41) is 8.59. The number of ether oxygens (including phenoxy) is 1. The summed E-state index contributed by atoms with van der Waals surface area (Å²) in [5.74, 6) is -0.357. The molecule has 0 radical (unpaired) electrons. The molecule has 1 N–H and O–H groups in total. The van der Waals surface area contributed by atoms with Crippen molar-refractivity contribution < 1.29 is 19.0 Å². The Morgan fingerprint density at radius 2 is 1.71 bits per heavy atom. The highest BCUT2D eigenvalue weighted by atomic mass is 79.9. The summed E-state index contributed by atoms with van der Waals surface area (Å²) in [4.78, 5) is 10.5. The standard InChI is InChI=1S/C15H9Br2FO3/c16-11-7-9(2-6-15(19)20)1-4-13(11)21-14-5-3-10(18)8-12(14)17/h1-8H,(H,19,20)/b6-2+. The number of hydrogen-bond acceptors (Lipinski definition) is 2. The number of carboxylic acid groups (broad SMARTS) is 1. The first-order valence-electron chi connectivity index (χ1n) is 5.79. The van der Waals surface area contributed by atoms with Crippen LogP contribution in [0.1, 0.15) is 5.56 Å². The molecule has 2 rings (SSSR count). The van der Waals surface area contributed by atoms with Gasteiger partial charge in [-0.3, -0.25) is 0 Å². The molecule has 0 heterocycles. The van der Waals surface area contributed by atoms with Crippen LogP contribution in [0.5, 0.6) is 11.5 Å². The van der Waals surface area contributed by atoms with Crippen LogP contribution in [-0.4, -0.2) is 11.1 Å². The molecule has 0 saturated carbocycles. The summed E-state index contributed by atoms with van der Waals surface area (Å²) >= 11 is 6.58. The zero-order valence-corrected chi connectivity index (χ0v) is 13.7. The second-order valence-electron chi connectivity index (χ2n) is 4.04. The van der Waals surface area contributed by atoms with Crippen LogP contribution in [0.15, 0.2) is 51.4 Å². The lowest BCUT2D eigenvalue weighted by atomic mass is 10.2. The lowest BCUT2D eigenvalue weighted by Crippen LogP contribution is -1.89. The molecule has 0 aliphatic heterocycles. The Morgan fingerprint density at radius 1 is 1.10 bits per heavy atom. The van der Waals surface area contributed by atoms with Crippen LogP contribution in [-0.2, 0) is 4.79 Å². The maximum absolute atomic E-state index is 13.0. The lowest BCUT2D eigenvalue weighted by molar-refractivity contribution is -0.131.